The maximum Gasteiger partial charge on any atom is 0.335 e. The van der Waals surface area contributed by atoms with Gasteiger partial charge in [0.15, 0.2) is 0 Å². The van der Waals surface area contributed by atoms with E-state index < -0.39 is 21.9 Å². The number of aromatic carboxylic acids is 1. The average Bonchev–Trinajstić information content (AvgIpc) is 2.74. The fourth-order valence-corrected chi connectivity index (χ4v) is 4.43. The predicted molar refractivity (Wildman–Crippen MR) is 104 cm³/mol. The van der Waals surface area contributed by atoms with Crippen molar-refractivity contribution < 1.29 is 32.6 Å². The van der Waals surface area contributed by atoms with E-state index in [2.05, 4.69) is 5.32 Å². The van der Waals surface area contributed by atoms with Crippen LogP contribution in [0.3, 0.4) is 0 Å². The van der Waals surface area contributed by atoms with Crippen molar-refractivity contribution in [2.45, 2.75) is 4.90 Å². The van der Waals surface area contributed by atoms with Gasteiger partial charge in [0.25, 0.3) is 5.91 Å². The lowest BCUT2D eigenvalue weighted by Crippen LogP contribution is -2.40. The van der Waals surface area contributed by atoms with Crippen LogP contribution in [0, 0.1) is 0 Å². The maximum atomic E-state index is 13.0. The fourth-order valence-electron chi connectivity index (χ4n) is 2.84. The lowest BCUT2D eigenvalue weighted by molar-refractivity contribution is 0.0696. The Hall–Kier alpha value is -2.95. The highest BCUT2D eigenvalue weighted by Crippen LogP contribution is 2.28. The quantitative estimate of drug-likeness (QED) is 0.729. The Kier molecular flexibility index (Phi) is 6.16. The van der Waals surface area contributed by atoms with Crippen LogP contribution in [0.5, 0.6) is 5.75 Å². The number of sulfonamides is 1. The molecular weight excluding hydrogens is 400 g/mol. The number of amides is 1. The summed E-state index contributed by atoms with van der Waals surface area (Å²) < 4.78 is 37.7. The minimum atomic E-state index is -3.87. The van der Waals surface area contributed by atoms with Crippen LogP contribution < -0.4 is 10.1 Å². The first-order chi connectivity index (χ1) is 13.8. The van der Waals surface area contributed by atoms with Gasteiger partial charge in [-0.1, -0.05) is 0 Å². The maximum absolute atomic E-state index is 13.0. The van der Waals surface area contributed by atoms with Crippen LogP contribution in [-0.4, -0.2) is 63.1 Å². The van der Waals surface area contributed by atoms with E-state index in [4.69, 9.17) is 14.6 Å². The van der Waals surface area contributed by atoms with Crippen molar-refractivity contribution in [3.8, 4) is 5.75 Å². The molecule has 0 unspecified atom stereocenters. The summed E-state index contributed by atoms with van der Waals surface area (Å²) >= 11 is 0. The zero-order chi connectivity index (χ0) is 21.0. The summed E-state index contributed by atoms with van der Waals surface area (Å²) in [5.41, 5.74) is 0.597. The first-order valence-electron chi connectivity index (χ1n) is 8.73. The molecule has 3 rings (SSSR count). The molecule has 10 heteroatoms. The van der Waals surface area contributed by atoms with Crippen molar-refractivity contribution in [1.29, 1.82) is 0 Å². The predicted octanol–water partition coefficient (Wildman–Crippen LogP) is 1.67. The Bertz CT molecular complexity index is 1010. The first kappa shape index (κ1) is 20.8. The summed E-state index contributed by atoms with van der Waals surface area (Å²) in [4.78, 5) is 23.4. The zero-order valence-electron chi connectivity index (χ0n) is 15.6. The molecule has 1 aliphatic rings. The molecule has 0 bridgehead atoms. The molecule has 29 heavy (non-hydrogen) atoms. The molecule has 1 heterocycles. The molecule has 2 aromatic carbocycles. The third-order valence-electron chi connectivity index (χ3n) is 4.40. The molecule has 0 atom stereocenters. The topological polar surface area (TPSA) is 122 Å². The van der Waals surface area contributed by atoms with Gasteiger partial charge in [0, 0.05) is 24.3 Å². The van der Waals surface area contributed by atoms with Crippen molar-refractivity contribution in [2.75, 3.05) is 38.7 Å². The summed E-state index contributed by atoms with van der Waals surface area (Å²) in [5.74, 6) is -1.47. The summed E-state index contributed by atoms with van der Waals surface area (Å²) in [6.07, 6.45) is 0. The summed E-state index contributed by atoms with van der Waals surface area (Å²) in [6, 6.07) is 9.78. The van der Waals surface area contributed by atoms with E-state index in [0.29, 0.717) is 18.9 Å². The van der Waals surface area contributed by atoms with Crippen molar-refractivity contribution in [3.05, 3.63) is 53.6 Å². The van der Waals surface area contributed by atoms with E-state index >= 15 is 0 Å². The average molecular weight is 420 g/mol. The van der Waals surface area contributed by atoms with Gasteiger partial charge in [0.1, 0.15) is 10.6 Å². The Balaban J connectivity index is 1.87. The second-order valence-electron chi connectivity index (χ2n) is 6.22. The van der Waals surface area contributed by atoms with Crippen molar-refractivity contribution in [3.63, 3.8) is 0 Å². The number of carbonyl (C=O) groups excluding carboxylic acids is 1. The van der Waals surface area contributed by atoms with Crippen molar-refractivity contribution in [2.24, 2.45) is 0 Å². The number of benzene rings is 2. The van der Waals surface area contributed by atoms with Crippen LogP contribution in [0.15, 0.2) is 47.4 Å². The Morgan fingerprint density at radius 3 is 2.28 bits per heavy atom. The van der Waals surface area contributed by atoms with Gasteiger partial charge in [0.05, 0.1) is 25.9 Å². The van der Waals surface area contributed by atoms with E-state index in [9.17, 15) is 18.0 Å². The van der Waals surface area contributed by atoms with E-state index in [1.165, 1.54) is 53.9 Å². The molecule has 0 spiro atoms. The molecule has 0 aromatic heterocycles. The second kappa shape index (κ2) is 8.60. The number of ether oxygens (including phenoxy) is 2. The number of morpholine rings is 1. The normalized spacial score (nSPS) is 14.9. The number of nitrogens with zero attached hydrogens (tertiary/aromatic N) is 1. The summed E-state index contributed by atoms with van der Waals surface area (Å²) in [7, 11) is -2.51. The van der Waals surface area contributed by atoms with Crippen molar-refractivity contribution in [1.82, 2.24) is 4.31 Å². The third-order valence-corrected chi connectivity index (χ3v) is 6.32. The molecule has 1 saturated heterocycles. The molecular formula is C19H20N2O7S. The van der Waals surface area contributed by atoms with E-state index in [1.54, 1.807) is 0 Å². The standard InChI is InChI=1S/C19H20N2O7S/c1-27-16-7-4-14(12-17(16)29(25,26)21-8-10-28-11-9-21)18(22)20-15-5-2-13(3-6-15)19(23)24/h2-7,12H,8-11H2,1H3,(H,20,22)(H,23,24). The highest BCUT2D eigenvalue weighted by atomic mass is 32.2. The van der Waals surface area contributed by atoms with Gasteiger partial charge in [-0.3, -0.25) is 4.79 Å². The van der Waals surface area contributed by atoms with E-state index in [-0.39, 0.29) is 34.9 Å². The fraction of sp³-hybridized carbons (Fsp3) is 0.263. The lowest BCUT2D eigenvalue weighted by atomic mass is 10.1. The lowest BCUT2D eigenvalue weighted by Gasteiger charge is -2.26. The molecule has 1 amide bonds. The number of carboxylic acid groups (broad SMARTS) is 1. The first-order valence-corrected chi connectivity index (χ1v) is 10.2. The number of methoxy groups -OCH3 is 1. The molecule has 1 fully saturated rings. The SMILES string of the molecule is COc1ccc(C(=O)Nc2ccc(C(=O)O)cc2)cc1S(=O)(=O)N1CCOCC1. The molecule has 2 N–H and O–H groups in total. The zero-order valence-corrected chi connectivity index (χ0v) is 16.4. The number of hydrogen-bond donors (Lipinski definition) is 2. The molecule has 0 radical (unpaired) electrons. The highest BCUT2D eigenvalue weighted by Gasteiger charge is 2.30. The minimum Gasteiger partial charge on any atom is -0.495 e. The largest absolute Gasteiger partial charge is 0.495 e. The van der Waals surface area contributed by atoms with Gasteiger partial charge < -0.3 is 19.9 Å². The molecule has 2 aromatic rings. The van der Waals surface area contributed by atoms with Crippen LogP contribution in [-0.2, 0) is 14.8 Å². The monoisotopic (exact) mass is 420 g/mol. The van der Waals surface area contributed by atoms with Gasteiger partial charge in [-0.05, 0) is 42.5 Å². The summed E-state index contributed by atoms with van der Waals surface area (Å²) in [5, 5.41) is 11.6. The van der Waals surface area contributed by atoms with Gasteiger partial charge in [-0.25, -0.2) is 13.2 Å². The van der Waals surface area contributed by atoms with Crippen LogP contribution in [0.1, 0.15) is 20.7 Å². The van der Waals surface area contributed by atoms with Gasteiger partial charge in [-0.2, -0.15) is 4.31 Å². The minimum absolute atomic E-state index is 0.0892. The summed E-state index contributed by atoms with van der Waals surface area (Å²) in [6.45, 7) is 1.04. The number of anilines is 1. The Morgan fingerprint density at radius 1 is 1.07 bits per heavy atom. The van der Waals surface area contributed by atoms with E-state index in [0.717, 1.165) is 0 Å². The molecule has 9 nitrogen and oxygen atoms in total. The number of rotatable bonds is 6. The smallest absolute Gasteiger partial charge is 0.335 e. The van der Waals surface area contributed by atoms with Crippen LogP contribution in [0.4, 0.5) is 5.69 Å². The van der Waals surface area contributed by atoms with Gasteiger partial charge in [-0.15, -0.1) is 0 Å². The highest BCUT2D eigenvalue weighted by molar-refractivity contribution is 7.89. The van der Waals surface area contributed by atoms with Crippen LogP contribution >= 0.6 is 0 Å². The van der Waals surface area contributed by atoms with Crippen LogP contribution in [0.25, 0.3) is 0 Å². The molecule has 1 aliphatic heterocycles. The number of carboxylic acids is 1. The second-order valence-corrected chi connectivity index (χ2v) is 8.13. The van der Waals surface area contributed by atoms with Crippen LogP contribution in [0.2, 0.25) is 0 Å². The van der Waals surface area contributed by atoms with Crippen molar-refractivity contribution >= 4 is 27.6 Å². The Labute approximate surface area is 167 Å². The molecule has 0 aliphatic carbocycles. The Morgan fingerprint density at radius 2 is 1.69 bits per heavy atom. The van der Waals surface area contributed by atoms with E-state index in [1.807, 2.05) is 0 Å². The third kappa shape index (κ3) is 4.56. The molecule has 0 saturated carbocycles. The number of hydrogen-bond acceptors (Lipinski definition) is 6. The number of carbonyl (C=O) groups is 2. The van der Waals surface area contributed by atoms with Gasteiger partial charge in [0.2, 0.25) is 10.0 Å². The molecule has 154 valence electrons. The number of nitrogens with one attached hydrogen (secondary N) is 1. The van der Waals surface area contributed by atoms with Gasteiger partial charge >= 0.3 is 5.97 Å².